The normalized spacial score (nSPS) is 12.2. The van der Waals surface area contributed by atoms with Crippen LogP contribution in [-0.2, 0) is 0 Å². The van der Waals surface area contributed by atoms with Gasteiger partial charge >= 0.3 is 0 Å². The number of benzene rings is 2. The second-order valence-electron chi connectivity index (χ2n) is 4.49. The average molecular weight is 370 g/mol. The number of halogens is 2. The first-order chi connectivity index (χ1) is 10.1. The largest absolute Gasteiger partial charge is 0.497 e. The van der Waals surface area contributed by atoms with E-state index in [1.807, 2.05) is 31.3 Å². The van der Waals surface area contributed by atoms with Crippen molar-refractivity contribution < 1.29 is 9.13 Å². The molecule has 1 unspecified atom stereocenters. The van der Waals surface area contributed by atoms with Crippen LogP contribution in [0.3, 0.4) is 0 Å². The Morgan fingerprint density at radius 3 is 2.52 bits per heavy atom. The van der Waals surface area contributed by atoms with Crippen molar-refractivity contribution in [1.82, 2.24) is 5.32 Å². The van der Waals surface area contributed by atoms with Crippen LogP contribution in [-0.4, -0.2) is 19.9 Å². The maximum atomic E-state index is 14.1. The van der Waals surface area contributed by atoms with Gasteiger partial charge in [-0.25, -0.2) is 4.39 Å². The summed E-state index contributed by atoms with van der Waals surface area (Å²) in [5, 5.41) is 3.17. The van der Waals surface area contributed by atoms with Gasteiger partial charge in [0.15, 0.2) is 0 Å². The van der Waals surface area contributed by atoms with Gasteiger partial charge in [-0.2, -0.15) is 0 Å². The second-order valence-corrected chi connectivity index (χ2v) is 6.50. The number of ether oxygens (including phenoxy) is 1. The fourth-order valence-electron chi connectivity index (χ4n) is 1.96. The molecule has 1 N–H and O–H groups in total. The van der Waals surface area contributed by atoms with Gasteiger partial charge < -0.3 is 10.1 Å². The molecule has 0 aliphatic carbocycles. The van der Waals surface area contributed by atoms with Crippen molar-refractivity contribution in [1.29, 1.82) is 0 Å². The Labute approximate surface area is 137 Å². The Bertz CT molecular complexity index is 591. The van der Waals surface area contributed by atoms with E-state index in [4.69, 9.17) is 4.74 Å². The topological polar surface area (TPSA) is 21.3 Å². The number of hydrogen-bond donors (Lipinski definition) is 1. The van der Waals surface area contributed by atoms with E-state index in [-0.39, 0.29) is 11.9 Å². The van der Waals surface area contributed by atoms with Crippen LogP contribution in [0.15, 0.2) is 51.8 Å². The van der Waals surface area contributed by atoms with Crippen LogP contribution in [0.4, 0.5) is 4.39 Å². The summed E-state index contributed by atoms with van der Waals surface area (Å²) < 4.78 is 20.2. The van der Waals surface area contributed by atoms with Gasteiger partial charge in [0.1, 0.15) is 11.6 Å². The van der Waals surface area contributed by atoms with Gasteiger partial charge in [0.2, 0.25) is 0 Å². The lowest BCUT2D eigenvalue weighted by molar-refractivity contribution is 0.410. The quantitative estimate of drug-likeness (QED) is 0.748. The Morgan fingerprint density at radius 1 is 1.24 bits per heavy atom. The monoisotopic (exact) mass is 369 g/mol. The number of thioether (sulfide) groups is 1. The molecule has 0 fully saturated rings. The molecule has 0 aromatic heterocycles. The summed E-state index contributed by atoms with van der Waals surface area (Å²) in [6, 6.07) is 13.0. The van der Waals surface area contributed by atoms with Gasteiger partial charge in [-0.1, -0.05) is 22.0 Å². The highest BCUT2D eigenvalue weighted by Crippen LogP contribution is 2.28. The zero-order chi connectivity index (χ0) is 15.2. The van der Waals surface area contributed by atoms with Crippen LogP contribution in [0.25, 0.3) is 0 Å². The first-order valence-electron chi connectivity index (χ1n) is 6.53. The summed E-state index contributed by atoms with van der Waals surface area (Å²) in [5.41, 5.74) is 0.655. The van der Waals surface area contributed by atoms with Crippen LogP contribution in [0, 0.1) is 5.82 Å². The molecule has 2 nitrogen and oxygen atoms in total. The first-order valence-corrected chi connectivity index (χ1v) is 8.31. The molecule has 0 heterocycles. The zero-order valence-electron chi connectivity index (χ0n) is 11.9. The third kappa shape index (κ3) is 4.46. The van der Waals surface area contributed by atoms with Gasteiger partial charge in [0.25, 0.3) is 0 Å². The van der Waals surface area contributed by atoms with Crippen LogP contribution >= 0.6 is 27.7 Å². The average Bonchev–Trinajstić information content (AvgIpc) is 2.50. The summed E-state index contributed by atoms with van der Waals surface area (Å²) in [6.07, 6.45) is 0. The highest BCUT2D eigenvalue weighted by molar-refractivity contribution is 9.10. The smallest absolute Gasteiger partial charge is 0.131 e. The van der Waals surface area contributed by atoms with Gasteiger partial charge in [-0.05, 0) is 37.4 Å². The van der Waals surface area contributed by atoms with Crippen molar-refractivity contribution in [3.05, 3.63) is 58.3 Å². The van der Waals surface area contributed by atoms with Crippen LogP contribution in [0.5, 0.6) is 5.75 Å². The fourth-order valence-corrected chi connectivity index (χ4v) is 3.25. The fraction of sp³-hybridized carbons (Fsp3) is 0.250. The molecular weight excluding hydrogens is 353 g/mol. The summed E-state index contributed by atoms with van der Waals surface area (Å²) in [4.78, 5) is 1.16. The van der Waals surface area contributed by atoms with Crippen LogP contribution in [0.2, 0.25) is 0 Å². The predicted octanol–water partition coefficient (Wildman–Crippen LogP) is 4.65. The van der Waals surface area contributed by atoms with E-state index in [1.165, 1.54) is 13.2 Å². The van der Waals surface area contributed by atoms with Gasteiger partial charge in [-0.3, -0.25) is 0 Å². The summed E-state index contributed by atoms with van der Waals surface area (Å²) in [5.74, 6) is 1.04. The maximum Gasteiger partial charge on any atom is 0.131 e. The molecule has 2 aromatic carbocycles. The van der Waals surface area contributed by atoms with Crippen molar-refractivity contribution >= 4 is 27.7 Å². The van der Waals surface area contributed by atoms with Crippen molar-refractivity contribution in [2.24, 2.45) is 0 Å². The van der Waals surface area contributed by atoms with E-state index in [0.29, 0.717) is 11.3 Å². The molecule has 1 atom stereocenters. The lowest BCUT2D eigenvalue weighted by Gasteiger charge is -2.17. The Kier molecular flexibility index (Phi) is 6.08. The summed E-state index contributed by atoms with van der Waals surface area (Å²) >= 11 is 5.11. The van der Waals surface area contributed by atoms with E-state index in [2.05, 4.69) is 21.2 Å². The lowest BCUT2D eigenvalue weighted by Crippen LogP contribution is -2.20. The molecule has 0 radical (unpaired) electrons. The molecule has 0 bridgehead atoms. The van der Waals surface area contributed by atoms with Crippen LogP contribution < -0.4 is 10.1 Å². The number of rotatable bonds is 6. The predicted molar refractivity (Wildman–Crippen MR) is 89.6 cm³/mol. The van der Waals surface area contributed by atoms with Crippen molar-refractivity contribution in [2.45, 2.75) is 10.9 Å². The highest BCUT2D eigenvalue weighted by atomic mass is 79.9. The molecule has 0 saturated heterocycles. The van der Waals surface area contributed by atoms with E-state index < -0.39 is 0 Å². The standard InChI is InChI=1S/C16H17BrFNOS/c1-19-16(10-21-13-6-3-11(17)4-7-13)14-8-5-12(20-2)9-15(14)18/h3-9,16,19H,10H2,1-2H3. The molecular formula is C16H17BrFNOS. The molecule has 5 heteroatoms. The third-order valence-electron chi connectivity index (χ3n) is 3.16. The van der Waals surface area contributed by atoms with E-state index >= 15 is 0 Å². The number of hydrogen-bond acceptors (Lipinski definition) is 3. The highest BCUT2D eigenvalue weighted by Gasteiger charge is 2.15. The Morgan fingerprint density at radius 2 is 1.95 bits per heavy atom. The van der Waals surface area contributed by atoms with Crippen LogP contribution in [0.1, 0.15) is 11.6 Å². The molecule has 112 valence electrons. The molecule has 0 amide bonds. The third-order valence-corrected chi connectivity index (χ3v) is 4.80. The molecule has 0 aliphatic heterocycles. The molecule has 0 spiro atoms. The molecule has 0 aliphatic rings. The first kappa shape index (κ1) is 16.3. The van der Waals surface area contributed by atoms with Gasteiger partial charge in [0, 0.05) is 32.8 Å². The van der Waals surface area contributed by atoms with Crippen molar-refractivity contribution in [3.8, 4) is 5.75 Å². The number of nitrogens with one attached hydrogen (secondary N) is 1. The maximum absolute atomic E-state index is 14.1. The van der Waals surface area contributed by atoms with Crippen molar-refractivity contribution in [3.63, 3.8) is 0 Å². The second kappa shape index (κ2) is 7.82. The molecule has 2 aromatic rings. The van der Waals surface area contributed by atoms with E-state index in [1.54, 1.807) is 23.9 Å². The lowest BCUT2D eigenvalue weighted by atomic mass is 10.1. The minimum atomic E-state index is -0.245. The van der Waals surface area contributed by atoms with Gasteiger partial charge in [0.05, 0.1) is 7.11 Å². The minimum Gasteiger partial charge on any atom is -0.497 e. The Balaban J connectivity index is 2.07. The van der Waals surface area contributed by atoms with Gasteiger partial charge in [-0.15, -0.1) is 11.8 Å². The van der Waals surface area contributed by atoms with E-state index in [9.17, 15) is 4.39 Å². The molecule has 2 rings (SSSR count). The van der Waals surface area contributed by atoms with Crippen molar-refractivity contribution in [2.75, 3.05) is 19.9 Å². The molecule has 21 heavy (non-hydrogen) atoms. The SMILES string of the molecule is CNC(CSc1ccc(Br)cc1)c1ccc(OC)cc1F. The molecule has 0 saturated carbocycles. The Hall–Kier alpha value is -1.04. The van der Waals surface area contributed by atoms with E-state index in [0.717, 1.165) is 15.1 Å². The summed E-state index contributed by atoms with van der Waals surface area (Å²) in [7, 11) is 3.38. The summed E-state index contributed by atoms with van der Waals surface area (Å²) in [6.45, 7) is 0. The zero-order valence-corrected chi connectivity index (χ0v) is 14.3. The minimum absolute atomic E-state index is 0.0513. The number of methoxy groups -OCH3 is 1.